The maximum absolute atomic E-state index is 14.8. The van der Waals surface area contributed by atoms with E-state index in [1.165, 1.54) is 11.3 Å². The fourth-order valence-electron chi connectivity index (χ4n) is 6.91. The molecule has 0 fully saturated rings. The highest BCUT2D eigenvalue weighted by atomic mass is 79.9. The van der Waals surface area contributed by atoms with Gasteiger partial charge in [-0.1, -0.05) is 121 Å². The van der Waals surface area contributed by atoms with Crippen LogP contribution >= 0.6 is 15.9 Å². The van der Waals surface area contributed by atoms with Crippen LogP contribution in [0.2, 0.25) is 0 Å². The van der Waals surface area contributed by atoms with Gasteiger partial charge in [-0.2, -0.15) is 0 Å². The summed E-state index contributed by atoms with van der Waals surface area (Å²) in [6.07, 6.45) is 5.54. The quantitative estimate of drug-likeness (QED) is 0.222. The summed E-state index contributed by atoms with van der Waals surface area (Å²) in [6.45, 7) is 4.61. The molecule has 0 N–H and O–H groups in total. The largest absolute Gasteiger partial charge is 0.363 e. The lowest BCUT2D eigenvalue weighted by atomic mass is 9.55. The van der Waals surface area contributed by atoms with Gasteiger partial charge in [0.15, 0.2) is 5.78 Å². The normalized spacial score (nSPS) is 23.8. The standard InChI is InChI=1S/C36H32BrNO/c1-4-35(2)31-17-11-12-18-32(31)38(3)36(35)24-28(25-13-7-5-8-14-25)23-30(26-19-21-29(37)22-20-26)33(36)34(39)27-15-9-6-10-16-27/h5-24,33H,4H2,1-3H3/t33-,35+,36-/m1/s1. The molecule has 0 saturated heterocycles. The number of hydrogen-bond acceptors (Lipinski definition) is 2. The van der Waals surface area contributed by atoms with Gasteiger partial charge in [0.2, 0.25) is 0 Å². The Morgan fingerprint density at radius 2 is 1.44 bits per heavy atom. The molecule has 1 spiro atoms. The summed E-state index contributed by atoms with van der Waals surface area (Å²) in [6, 6.07) is 37.5. The SMILES string of the molecule is CC[C@@]1(C)c2ccccc2N(C)[C@@]12C=C(c1ccccc1)C=C(c1ccc(Br)cc1)[C@@H]2C(=O)c1ccccc1. The number of carbonyl (C=O) groups is 1. The number of ketones is 1. The predicted molar refractivity (Wildman–Crippen MR) is 166 cm³/mol. The van der Waals surface area contributed by atoms with Crippen molar-refractivity contribution in [3.8, 4) is 0 Å². The minimum absolute atomic E-state index is 0.146. The van der Waals surface area contributed by atoms with E-state index in [1.54, 1.807) is 0 Å². The van der Waals surface area contributed by atoms with E-state index in [9.17, 15) is 4.79 Å². The topological polar surface area (TPSA) is 20.3 Å². The van der Waals surface area contributed by atoms with E-state index in [1.807, 2.05) is 30.3 Å². The van der Waals surface area contributed by atoms with Crippen molar-refractivity contribution in [3.05, 3.63) is 148 Å². The Bertz CT molecular complexity index is 1590. The Kier molecular flexibility index (Phi) is 6.43. The Morgan fingerprint density at radius 3 is 2.10 bits per heavy atom. The summed E-state index contributed by atoms with van der Waals surface area (Å²) in [4.78, 5) is 17.2. The second kappa shape index (κ2) is 9.81. The van der Waals surface area contributed by atoms with Gasteiger partial charge in [-0.05, 0) is 64.6 Å². The lowest BCUT2D eigenvalue weighted by Gasteiger charge is -2.53. The van der Waals surface area contributed by atoms with Gasteiger partial charge >= 0.3 is 0 Å². The van der Waals surface area contributed by atoms with Gasteiger partial charge in [-0.3, -0.25) is 4.79 Å². The molecule has 1 aliphatic carbocycles. The number of Topliss-reactive ketones (excluding diaryl/α,β-unsaturated/α-hetero) is 1. The predicted octanol–water partition coefficient (Wildman–Crippen LogP) is 8.99. The van der Waals surface area contributed by atoms with Crippen LogP contribution in [0.5, 0.6) is 0 Å². The summed E-state index contributed by atoms with van der Waals surface area (Å²) in [7, 11) is 2.18. The van der Waals surface area contributed by atoms with Crippen molar-refractivity contribution < 1.29 is 4.79 Å². The van der Waals surface area contributed by atoms with Crippen molar-refractivity contribution in [1.29, 1.82) is 0 Å². The minimum Gasteiger partial charge on any atom is -0.363 e. The summed E-state index contributed by atoms with van der Waals surface area (Å²) in [5.74, 6) is -0.275. The summed E-state index contributed by atoms with van der Waals surface area (Å²) >= 11 is 3.61. The van der Waals surface area contributed by atoms with E-state index < -0.39 is 11.5 Å². The van der Waals surface area contributed by atoms with Crippen molar-refractivity contribution in [2.75, 3.05) is 11.9 Å². The fourth-order valence-corrected chi connectivity index (χ4v) is 7.17. The van der Waals surface area contributed by atoms with Gasteiger partial charge in [0.05, 0.1) is 11.5 Å². The van der Waals surface area contributed by atoms with Crippen LogP contribution in [0.4, 0.5) is 5.69 Å². The number of anilines is 1. The summed E-state index contributed by atoms with van der Waals surface area (Å²) < 4.78 is 1.02. The molecule has 1 heterocycles. The number of allylic oxidation sites excluding steroid dienone is 2. The molecule has 3 heteroatoms. The average molecular weight is 575 g/mol. The highest BCUT2D eigenvalue weighted by Gasteiger charge is 2.63. The summed E-state index contributed by atoms with van der Waals surface area (Å²) in [5.41, 5.74) is 6.70. The molecular formula is C36H32BrNO. The number of para-hydroxylation sites is 1. The van der Waals surface area contributed by atoms with Crippen LogP contribution in [0.3, 0.4) is 0 Å². The lowest BCUT2D eigenvalue weighted by molar-refractivity contribution is 0.0877. The Balaban J connectivity index is 1.70. The molecule has 4 aromatic carbocycles. The zero-order chi connectivity index (χ0) is 27.2. The van der Waals surface area contributed by atoms with Gasteiger partial charge < -0.3 is 4.90 Å². The molecule has 39 heavy (non-hydrogen) atoms. The van der Waals surface area contributed by atoms with Crippen molar-refractivity contribution in [2.45, 2.75) is 31.2 Å². The van der Waals surface area contributed by atoms with E-state index >= 15 is 0 Å². The molecular weight excluding hydrogens is 542 g/mol. The van der Waals surface area contributed by atoms with Crippen LogP contribution in [0.15, 0.2) is 126 Å². The third kappa shape index (κ3) is 3.86. The number of halogens is 1. The van der Waals surface area contributed by atoms with Crippen LogP contribution < -0.4 is 4.90 Å². The molecule has 4 aromatic rings. The van der Waals surface area contributed by atoms with Crippen molar-refractivity contribution in [1.82, 2.24) is 0 Å². The highest BCUT2D eigenvalue weighted by molar-refractivity contribution is 9.10. The van der Waals surface area contributed by atoms with E-state index in [0.29, 0.717) is 0 Å². The number of nitrogens with zero attached hydrogens (tertiary/aromatic N) is 1. The molecule has 0 amide bonds. The molecule has 1 aliphatic heterocycles. The van der Waals surface area contributed by atoms with E-state index in [0.717, 1.165) is 38.7 Å². The number of likely N-dealkylation sites (N-methyl/N-ethyl adjacent to an activating group) is 1. The number of fused-ring (bicyclic) bond motifs is 1. The molecule has 0 bridgehead atoms. The number of hydrogen-bond donors (Lipinski definition) is 0. The molecule has 2 nitrogen and oxygen atoms in total. The smallest absolute Gasteiger partial charge is 0.173 e. The third-order valence-electron chi connectivity index (χ3n) is 9.05. The Labute approximate surface area is 239 Å². The zero-order valence-corrected chi connectivity index (χ0v) is 24.2. The lowest BCUT2D eigenvalue weighted by Crippen LogP contribution is -2.62. The first-order valence-corrected chi connectivity index (χ1v) is 14.4. The third-order valence-corrected chi connectivity index (χ3v) is 9.58. The first kappa shape index (κ1) is 25.6. The van der Waals surface area contributed by atoms with Gasteiger partial charge in [0.25, 0.3) is 0 Å². The molecule has 0 radical (unpaired) electrons. The van der Waals surface area contributed by atoms with Crippen LogP contribution in [0.1, 0.15) is 47.3 Å². The first-order chi connectivity index (χ1) is 18.9. The Hall–Kier alpha value is -3.69. The molecule has 0 unspecified atom stereocenters. The van der Waals surface area contributed by atoms with Gasteiger partial charge in [0, 0.05) is 28.2 Å². The van der Waals surface area contributed by atoms with Crippen molar-refractivity contribution >= 4 is 38.5 Å². The molecule has 3 atom stereocenters. The van der Waals surface area contributed by atoms with Crippen LogP contribution in [0, 0.1) is 5.92 Å². The monoisotopic (exact) mass is 573 g/mol. The maximum Gasteiger partial charge on any atom is 0.173 e. The maximum atomic E-state index is 14.8. The summed E-state index contributed by atoms with van der Waals surface area (Å²) in [5, 5.41) is 0. The minimum atomic E-state index is -0.624. The van der Waals surface area contributed by atoms with E-state index in [2.05, 4.69) is 133 Å². The van der Waals surface area contributed by atoms with Crippen LogP contribution in [-0.4, -0.2) is 18.4 Å². The number of rotatable bonds is 5. The van der Waals surface area contributed by atoms with Crippen molar-refractivity contribution in [3.63, 3.8) is 0 Å². The fraction of sp³-hybridized carbons (Fsp3) is 0.194. The first-order valence-electron chi connectivity index (χ1n) is 13.6. The number of benzene rings is 4. The van der Waals surface area contributed by atoms with E-state index in [-0.39, 0.29) is 11.2 Å². The molecule has 0 aromatic heterocycles. The highest BCUT2D eigenvalue weighted by Crippen LogP contribution is 2.61. The van der Waals surface area contributed by atoms with Crippen LogP contribution in [0.25, 0.3) is 11.1 Å². The molecule has 194 valence electrons. The second-order valence-corrected chi connectivity index (χ2v) is 11.7. The van der Waals surface area contributed by atoms with Crippen molar-refractivity contribution in [2.24, 2.45) is 5.92 Å². The van der Waals surface area contributed by atoms with E-state index in [4.69, 9.17) is 0 Å². The van der Waals surface area contributed by atoms with Gasteiger partial charge in [-0.15, -0.1) is 0 Å². The zero-order valence-electron chi connectivity index (χ0n) is 22.6. The van der Waals surface area contributed by atoms with Gasteiger partial charge in [-0.25, -0.2) is 0 Å². The average Bonchev–Trinajstić information content (AvgIpc) is 3.17. The Morgan fingerprint density at radius 1 is 0.821 bits per heavy atom. The molecule has 0 saturated carbocycles. The molecule has 6 rings (SSSR count). The van der Waals surface area contributed by atoms with Gasteiger partial charge in [0.1, 0.15) is 0 Å². The van der Waals surface area contributed by atoms with Crippen LogP contribution in [-0.2, 0) is 5.41 Å². The molecule has 2 aliphatic rings. The second-order valence-electron chi connectivity index (χ2n) is 10.8. The number of carbonyl (C=O) groups excluding carboxylic acids is 1.